The molecule has 3 aromatic rings. The van der Waals surface area contributed by atoms with Gasteiger partial charge in [0.1, 0.15) is 10.8 Å². The molecule has 0 saturated heterocycles. The third kappa shape index (κ3) is 3.79. The van der Waals surface area contributed by atoms with Gasteiger partial charge in [-0.3, -0.25) is 4.79 Å². The Kier molecular flexibility index (Phi) is 5.40. The van der Waals surface area contributed by atoms with Gasteiger partial charge in [-0.15, -0.1) is 11.3 Å². The predicted octanol–water partition coefficient (Wildman–Crippen LogP) is 4.91. The molecule has 28 heavy (non-hydrogen) atoms. The summed E-state index contributed by atoms with van der Waals surface area (Å²) in [4.78, 5) is 30.2. The quantitative estimate of drug-likeness (QED) is 0.600. The fourth-order valence-electron chi connectivity index (χ4n) is 3.18. The number of esters is 1. The number of thiophene rings is 1. The van der Waals surface area contributed by atoms with Crippen LogP contribution in [0.15, 0.2) is 35.8 Å². The number of methoxy groups -OCH3 is 1. The van der Waals surface area contributed by atoms with Crippen molar-refractivity contribution in [3.8, 4) is 10.9 Å². The molecule has 1 aromatic carbocycles. The van der Waals surface area contributed by atoms with E-state index in [1.54, 1.807) is 30.5 Å². The average Bonchev–Trinajstić information content (AvgIpc) is 3.35. The van der Waals surface area contributed by atoms with Crippen molar-refractivity contribution in [3.05, 3.63) is 57.4 Å². The number of anilines is 1. The van der Waals surface area contributed by atoms with E-state index in [0.717, 1.165) is 36.1 Å². The highest BCUT2D eigenvalue weighted by molar-refractivity contribution is 7.17. The molecule has 6 nitrogen and oxygen atoms in total. The fraction of sp³-hybridized carbons (Fsp3) is 0.250. The number of nitrogens with one attached hydrogen (secondary N) is 1. The van der Waals surface area contributed by atoms with Gasteiger partial charge in [0, 0.05) is 22.0 Å². The zero-order valence-corrected chi connectivity index (χ0v) is 16.8. The molecule has 144 valence electrons. The summed E-state index contributed by atoms with van der Waals surface area (Å²) in [7, 11) is 1.36. The van der Waals surface area contributed by atoms with E-state index in [2.05, 4.69) is 10.3 Å². The lowest BCUT2D eigenvalue weighted by Crippen LogP contribution is -2.15. The first-order valence-electron chi connectivity index (χ1n) is 8.87. The van der Waals surface area contributed by atoms with Gasteiger partial charge < -0.3 is 14.8 Å². The topological polar surface area (TPSA) is 77.5 Å². The Labute approximate surface area is 170 Å². The molecule has 0 unspecified atom stereocenters. The molecule has 8 heteroatoms. The smallest absolute Gasteiger partial charge is 0.341 e. The van der Waals surface area contributed by atoms with Crippen molar-refractivity contribution in [2.75, 3.05) is 12.4 Å². The van der Waals surface area contributed by atoms with E-state index in [0.29, 0.717) is 27.1 Å². The molecule has 1 aliphatic rings. The minimum atomic E-state index is -0.401. The molecule has 4 rings (SSSR count). The van der Waals surface area contributed by atoms with Gasteiger partial charge in [0.25, 0.3) is 11.1 Å². The van der Waals surface area contributed by atoms with Gasteiger partial charge in [0.05, 0.1) is 12.7 Å². The highest BCUT2D eigenvalue weighted by Gasteiger charge is 2.27. The first-order chi connectivity index (χ1) is 13.7. The zero-order valence-electron chi connectivity index (χ0n) is 15.2. The first-order valence-corrected chi connectivity index (χ1v) is 10.6. The Hall–Kier alpha value is -2.71. The van der Waals surface area contributed by atoms with Gasteiger partial charge in [-0.25, -0.2) is 9.78 Å². The molecule has 1 N–H and O–H groups in total. The number of nitrogens with zero attached hydrogens (tertiary/aromatic N) is 1. The van der Waals surface area contributed by atoms with Gasteiger partial charge in [0.2, 0.25) is 0 Å². The van der Waals surface area contributed by atoms with Crippen LogP contribution >= 0.6 is 22.7 Å². The molecule has 0 bridgehead atoms. The molecule has 2 aromatic heterocycles. The first kappa shape index (κ1) is 18.6. The number of aryl methyl sites for hydroxylation is 1. The molecule has 0 aliphatic heterocycles. The van der Waals surface area contributed by atoms with Crippen LogP contribution in [0, 0.1) is 0 Å². The maximum Gasteiger partial charge on any atom is 0.341 e. The maximum atomic E-state index is 12.7. The fourth-order valence-corrected chi connectivity index (χ4v) is 4.96. The molecule has 0 radical (unpaired) electrons. The number of amides is 1. The van der Waals surface area contributed by atoms with Crippen LogP contribution in [-0.2, 0) is 17.6 Å². The van der Waals surface area contributed by atoms with Crippen LogP contribution in [0.3, 0.4) is 0 Å². The second-order valence-corrected chi connectivity index (χ2v) is 8.25. The number of carbonyl (C=O) groups is 2. The van der Waals surface area contributed by atoms with Crippen molar-refractivity contribution in [3.63, 3.8) is 0 Å². The van der Waals surface area contributed by atoms with Crippen LogP contribution < -0.4 is 10.1 Å². The Morgan fingerprint density at radius 2 is 1.93 bits per heavy atom. The summed E-state index contributed by atoms with van der Waals surface area (Å²) in [5, 5.41) is 5.83. The van der Waals surface area contributed by atoms with E-state index in [-0.39, 0.29) is 5.91 Å². The van der Waals surface area contributed by atoms with Crippen molar-refractivity contribution < 1.29 is 19.1 Å². The molecular weight excluding hydrogens is 396 g/mol. The third-order valence-corrected chi connectivity index (χ3v) is 6.37. The molecule has 1 amide bonds. The van der Waals surface area contributed by atoms with Crippen LogP contribution in [0.5, 0.6) is 10.9 Å². The number of hydrogen-bond acceptors (Lipinski definition) is 7. The lowest BCUT2D eigenvalue weighted by molar-refractivity contribution is 0.0601. The molecular formula is C20H18N2O4S2. The van der Waals surface area contributed by atoms with Crippen LogP contribution in [0.2, 0.25) is 0 Å². The van der Waals surface area contributed by atoms with Crippen molar-refractivity contribution >= 4 is 39.6 Å². The Balaban J connectivity index is 1.53. The van der Waals surface area contributed by atoms with Crippen LogP contribution in [0.4, 0.5) is 5.00 Å². The SMILES string of the molecule is COC(=O)c1c(NC(=O)c2ccc(Oc3nccs3)cc2)sc2c1CCCC2. The standard InChI is InChI=1S/C20H18N2O4S2/c1-25-19(24)16-14-4-2-3-5-15(14)28-18(16)22-17(23)12-6-8-13(9-7-12)26-20-21-10-11-27-20/h6-11H,2-5H2,1H3,(H,22,23). The molecule has 0 atom stereocenters. The Morgan fingerprint density at radius 3 is 2.64 bits per heavy atom. The second kappa shape index (κ2) is 8.12. The van der Waals surface area contributed by atoms with E-state index < -0.39 is 5.97 Å². The average molecular weight is 415 g/mol. The summed E-state index contributed by atoms with van der Waals surface area (Å²) >= 11 is 2.86. The molecule has 1 aliphatic carbocycles. The summed E-state index contributed by atoms with van der Waals surface area (Å²) in [5.41, 5.74) is 2.00. The highest BCUT2D eigenvalue weighted by Crippen LogP contribution is 2.38. The van der Waals surface area contributed by atoms with E-state index in [1.807, 2.05) is 5.38 Å². The number of aromatic nitrogens is 1. The third-order valence-electron chi connectivity index (χ3n) is 4.52. The Bertz CT molecular complexity index is 994. The number of thiazole rings is 1. The highest BCUT2D eigenvalue weighted by atomic mass is 32.1. The van der Waals surface area contributed by atoms with Gasteiger partial charge in [-0.05, 0) is 55.5 Å². The summed E-state index contributed by atoms with van der Waals surface area (Å²) in [6.07, 6.45) is 5.59. The number of hydrogen-bond donors (Lipinski definition) is 1. The number of benzene rings is 1. The van der Waals surface area contributed by atoms with Crippen LogP contribution in [-0.4, -0.2) is 24.0 Å². The number of ether oxygens (including phenoxy) is 2. The minimum absolute atomic E-state index is 0.274. The second-order valence-electron chi connectivity index (χ2n) is 6.29. The number of fused-ring (bicyclic) bond motifs is 1. The lowest BCUT2D eigenvalue weighted by atomic mass is 9.95. The number of carbonyl (C=O) groups excluding carboxylic acids is 2. The van der Waals surface area contributed by atoms with Crippen LogP contribution in [0.1, 0.15) is 44.0 Å². The monoisotopic (exact) mass is 414 g/mol. The predicted molar refractivity (Wildman–Crippen MR) is 109 cm³/mol. The molecule has 0 spiro atoms. The lowest BCUT2D eigenvalue weighted by Gasteiger charge is -2.11. The summed E-state index contributed by atoms with van der Waals surface area (Å²) in [6, 6.07) is 6.81. The van der Waals surface area contributed by atoms with Gasteiger partial charge in [-0.2, -0.15) is 0 Å². The summed E-state index contributed by atoms with van der Waals surface area (Å²) in [6.45, 7) is 0. The van der Waals surface area contributed by atoms with E-state index >= 15 is 0 Å². The Morgan fingerprint density at radius 1 is 1.14 bits per heavy atom. The van der Waals surface area contributed by atoms with Crippen molar-refractivity contribution in [2.24, 2.45) is 0 Å². The normalized spacial score (nSPS) is 12.9. The van der Waals surface area contributed by atoms with Gasteiger partial charge in [-0.1, -0.05) is 11.3 Å². The summed E-state index contributed by atoms with van der Waals surface area (Å²) in [5.74, 6) is -0.0696. The van der Waals surface area contributed by atoms with Crippen molar-refractivity contribution in [1.82, 2.24) is 4.98 Å². The zero-order chi connectivity index (χ0) is 19.5. The number of rotatable bonds is 5. The summed E-state index contributed by atoms with van der Waals surface area (Å²) < 4.78 is 10.6. The van der Waals surface area contributed by atoms with Gasteiger partial charge in [0.15, 0.2) is 0 Å². The van der Waals surface area contributed by atoms with E-state index in [9.17, 15) is 9.59 Å². The molecule has 0 saturated carbocycles. The van der Waals surface area contributed by atoms with E-state index in [4.69, 9.17) is 9.47 Å². The van der Waals surface area contributed by atoms with Crippen molar-refractivity contribution in [1.29, 1.82) is 0 Å². The molecule has 0 fully saturated rings. The van der Waals surface area contributed by atoms with E-state index in [1.165, 1.54) is 29.8 Å². The van der Waals surface area contributed by atoms with Crippen LogP contribution in [0.25, 0.3) is 0 Å². The minimum Gasteiger partial charge on any atom is -0.465 e. The van der Waals surface area contributed by atoms with Gasteiger partial charge >= 0.3 is 5.97 Å². The van der Waals surface area contributed by atoms with Crippen molar-refractivity contribution in [2.45, 2.75) is 25.7 Å². The largest absolute Gasteiger partial charge is 0.465 e. The molecule has 2 heterocycles. The maximum absolute atomic E-state index is 12.7.